The Kier molecular flexibility index (Phi) is 4.62. The normalized spacial score (nSPS) is 12.3. The first-order valence-corrected chi connectivity index (χ1v) is 7.10. The van der Waals surface area contributed by atoms with Gasteiger partial charge in [-0.05, 0) is 25.1 Å². The highest BCUT2D eigenvalue weighted by Gasteiger charge is 2.37. The molecule has 1 heterocycles. The van der Waals surface area contributed by atoms with Crippen molar-refractivity contribution in [3.63, 3.8) is 0 Å². The van der Waals surface area contributed by atoms with Gasteiger partial charge in [0, 0.05) is 5.56 Å². The minimum Gasteiger partial charge on any atom is -0.465 e. The number of thiazole rings is 1. The third-order valence-corrected chi connectivity index (χ3v) is 4.19. The summed E-state index contributed by atoms with van der Waals surface area (Å²) >= 11 is 0.664. The second kappa shape index (κ2) is 6.08. The van der Waals surface area contributed by atoms with Crippen molar-refractivity contribution in [3.8, 4) is 10.6 Å². The van der Waals surface area contributed by atoms with E-state index >= 15 is 0 Å². The Morgan fingerprint density at radius 1 is 1.04 bits per heavy atom. The van der Waals surface area contributed by atoms with E-state index in [0.717, 1.165) is 7.11 Å². The molecule has 130 valence electrons. The van der Waals surface area contributed by atoms with Crippen LogP contribution in [-0.4, -0.2) is 18.1 Å². The van der Waals surface area contributed by atoms with Crippen LogP contribution in [0.5, 0.6) is 0 Å². The van der Waals surface area contributed by atoms with Crippen LogP contribution in [0.1, 0.15) is 26.5 Å². The van der Waals surface area contributed by atoms with Crippen LogP contribution in [0, 0.1) is 6.92 Å². The highest BCUT2D eigenvalue weighted by Crippen LogP contribution is 2.39. The number of benzene rings is 1. The maximum Gasteiger partial charge on any atom is 0.416 e. The largest absolute Gasteiger partial charge is 0.465 e. The van der Waals surface area contributed by atoms with Crippen molar-refractivity contribution in [1.82, 2.24) is 4.98 Å². The average Bonchev–Trinajstić information content (AvgIpc) is 2.86. The van der Waals surface area contributed by atoms with Crippen LogP contribution in [-0.2, 0) is 17.1 Å². The van der Waals surface area contributed by atoms with Gasteiger partial charge in [-0.3, -0.25) is 0 Å². The number of halogens is 6. The third kappa shape index (κ3) is 3.69. The molecule has 1 aromatic heterocycles. The maximum absolute atomic E-state index is 12.9. The number of esters is 1. The SMILES string of the molecule is COC(=O)c1sc(-c2cc(C(F)(F)F)cc(C(F)(F)F)c2)nc1C. The van der Waals surface area contributed by atoms with Crippen molar-refractivity contribution in [2.75, 3.05) is 7.11 Å². The van der Waals surface area contributed by atoms with Crippen molar-refractivity contribution in [3.05, 3.63) is 39.9 Å². The van der Waals surface area contributed by atoms with Gasteiger partial charge in [-0.2, -0.15) is 26.3 Å². The molecule has 0 aliphatic heterocycles. The molecular formula is C14H9F6NO2S. The minimum absolute atomic E-state index is 0.0125. The van der Waals surface area contributed by atoms with Crippen molar-refractivity contribution in [2.45, 2.75) is 19.3 Å². The van der Waals surface area contributed by atoms with Crippen LogP contribution in [0.3, 0.4) is 0 Å². The summed E-state index contributed by atoms with van der Waals surface area (Å²) in [5, 5.41) is -0.135. The zero-order valence-corrected chi connectivity index (χ0v) is 13.0. The first-order chi connectivity index (χ1) is 10.9. The summed E-state index contributed by atoms with van der Waals surface area (Å²) in [6, 6.07) is 1.16. The summed E-state index contributed by atoms with van der Waals surface area (Å²) < 4.78 is 81.7. The molecule has 0 amide bonds. The van der Waals surface area contributed by atoms with Gasteiger partial charge in [-0.25, -0.2) is 9.78 Å². The number of methoxy groups -OCH3 is 1. The summed E-state index contributed by atoms with van der Waals surface area (Å²) in [5.41, 5.74) is -3.10. The van der Waals surface area contributed by atoms with Crippen LogP contribution in [0.4, 0.5) is 26.3 Å². The van der Waals surface area contributed by atoms with E-state index in [1.807, 2.05) is 0 Å². The number of hydrogen-bond acceptors (Lipinski definition) is 4. The molecule has 0 spiro atoms. The molecule has 2 rings (SSSR count). The van der Waals surface area contributed by atoms with Gasteiger partial charge in [-0.15, -0.1) is 11.3 Å². The van der Waals surface area contributed by atoms with Crippen LogP contribution in [0.15, 0.2) is 18.2 Å². The van der Waals surface area contributed by atoms with Crippen LogP contribution < -0.4 is 0 Å². The predicted molar refractivity (Wildman–Crippen MR) is 73.6 cm³/mol. The van der Waals surface area contributed by atoms with Crippen molar-refractivity contribution in [1.29, 1.82) is 0 Å². The molecular weight excluding hydrogens is 360 g/mol. The number of carbonyl (C=O) groups is 1. The zero-order chi connectivity index (χ0) is 18.3. The molecule has 2 aromatic rings. The Morgan fingerprint density at radius 2 is 1.54 bits per heavy atom. The van der Waals surface area contributed by atoms with Crippen molar-refractivity contribution in [2.24, 2.45) is 0 Å². The standard InChI is InChI=1S/C14H9F6NO2S/c1-6-10(12(22)23-2)24-11(21-6)7-3-8(13(15,16)17)5-9(4-7)14(18,19)20/h3-5H,1-2H3. The van der Waals surface area contributed by atoms with E-state index in [1.54, 1.807) is 0 Å². The second-order valence-corrected chi connectivity index (χ2v) is 5.72. The Balaban J connectivity index is 2.64. The molecule has 0 fully saturated rings. The highest BCUT2D eigenvalue weighted by atomic mass is 32.1. The fraction of sp³-hybridized carbons (Fsp3) is 0.286. The van der Waals surface area contributed by atoms with E-state index in [4.69, 9.17) is 0 Å². The fourth-order valence-corrected chi connectivity index (χ4v) is 2.85. The van der Waals surface area contributed by atoms with Crippen LogP contribution in [0.2, 0.25) is 0 Å². The second-order valence-electron chi connectivity index (χ2n) is 4.72. The summed E-state index contributed by atoms with van der Waals surface area (Å²) in [5.74, 6) is -0.765. The third-order valence-electron chi connectivity index (χ3n) is 3.00. The number of ether oxygens (including phenoxy) is 1. The molecule has 24 heavy (non-hydrogen) atoms. The average molecular weight is 369 g/mol. The molecule has 1 aromatic carbocycles. The maximum atomic E-state index is 12.9. The molecule has 0 bridgehead atoms. The lowest BCUT2D eigenvalue weighted by atomic mass is 10.1. The fourth-order valence-electron chi connectivity index (χ4n) is 1.88. The highest BCUT2D eigenvalue weighted by molar-refractivity contribution is 7.17. The van der Waals surface area contributed by atoms with Gasteiger partial charge in [0.15, 0.2) is 0 Å². The van der Waals surface area contributed by atoms with E-state index in [0.29, 0.717) is 23.5 Å². The lowest BCUT2D eigenvalue weighted by Gasteiger charge is -2.13. The number of aryl methyl sites for hydroxylation is 1. The number of carbonyl (C=O) groups excluding carboxylic acids is 1. The van der Waals surface area contributed by atoms with E-state index in [-0.39, 0.29) is 27.2 Å². The molecule has 0 aliphatic rings. The lowest BCUT2D eigenvalue weighted by Crippen LogP contribution is -2.11. The Labute approximate surface area is 135 Å². The molecule has 3 nitrogen and oxygen atoms in total. The Hall–Kier alpha value is -2.10. The van der Waals surface area contributed by atoms with Gasteiger partial charge < -0.3 is 4.74 Å². The topological polar surface area (TPSA) is 39.2 Å². The van der Waals surface area contributed by atoms with E-state index in [1.165, 1.54) is 6.92 Å². The monoisotopic (exact) mass is 369 g/mol. The molecule has 0 atom stereocenters. The van der Waals surface area contributed by atoms with Crippen molar-refractivity contribution >= 4 is 17.3 Å². The van der Waals surface area contributed by atoms with Gasteiger partial charge in [0.05, 0.1) is 23.9 Å². The minimum atomic E-state index is -4.95. The molecule has 10 heteroatoms. The summed E-state index contributed by atoms with van der Waals surface area (Å²) in [7, 11) is 1.10. The van der Waals surface area contributed by atoms with Crippen LogP contribution >= 0.6 is 11.3 Å². The lowest BCUT2D eigenvalue weighted by molar-refractivity contribution is -0.143. The van der Waals surface area contributed by atoms with Crippen molar-refractivity contribution < 1.29 is 35.9 Å². The number of nitrogens with zero attached hydrogens (tertiary/aromatic N) is 1. The molecule has 0 saturated carbocycles. The zero-order valence-electron chi connectivity index (χ0n) is 12.2. The van der Waals surface area contributed by atoms with Gasteiger partial charge in [0.2, 0.25) is 0 Å². The molecule has 0 radical (unpaired) electrons. The quantitative estimate of drug-likeness (QED) is 0.556. The van der Waals surface area contributed by atoms with Gasteiger partial charge in [0.1, 0.15) is 9.88 Å². The van der Waals surface area contributed by atoms with Gasteiger partial charge >= 0.3 is 18.3 Å². The molecule has 0 unspecified atom stereocenters. The smallest absolute Gasteiger partial charge is 0.416 e. The Bertz CT molecular complexity index is 746. The summed E-state index contributed by atoms with van der Waals surface area (Å²) in [6.45, 7) is 1.41. The Morgan fingerprint density at radius 3 is 1.96 bits per heavy atom. The summed E-state index contributed by atoms with van der Waals surface area (Å²) in [6.07, 6.45) is -9.90. The number of rotatable bonds is 2. The first kappa shape index (κ1) is 18.2. The van der Waals surface area contributed by atoms with Gasteiger partial charge in [0.25, 0.3) is 0 Å². The number of hydrogen-bond donors (Lipinski definition) is 0. The molecule has 0 N–H and O–H groups in total. The predicted octanol–water partition coefficient (Wildman–Crippen LogP) is 4.94. The summed E-state index contributed by atoms with van der Waals surface area (Å²) in [4.78, 5) is 15.4. The van der Waals surface area contributed by atoms with Gasteiger partial charge in [-0.1, -0.05) is 0 Å². The van der Waals surface area contributed by atoms with E-state index < -0.39 is 29.4 Å². The number of alkyl halides is 6. The van der Waals surface area contributed by atoms with E-state index in [2.05, 4.69) is 9.72 Å². The molecule has 0 saturated heterocycles. The van der Waals surface area contributed by atoms with Crippen LogP contribution in [0.25, 0.3) is 10.6 Å². The first-order valence-electron chi connectivity index (χ1n) is 6.29. The molecule has 0 aliphatic carbocycles. The number of aromatic nitrogens is 1. The van der Waals surface area contributed by atoms with E-state index in [9.17, 15) is 31.1 Å².